The minimum atomic E-state index is -0.0971. The lowest BCUT2D eigenvalue weighted by Gasteiger charge is -2.04. The van der Waals surface area contributed by atoms with E-state index >= 15 is 0 Å². The van der Waals surface area contributed by atoms with Gasteiger partial charge in [-0.1, -0.05) is 42.2 Å². The van der Waals surface area contributed by atoms with Gasteiger partial charge in [0.15, 0.2) is 0 Å². The highest BCUT2D eigenvalue weighted by molar-refractivity contribution is 7.12. The van der Waals surface area contributed by atoms with Crippen molar-refractivity contribution in [2.75, 3.05) is 6.54 Å². The second-order valence-electron chi connectivity index (χ2n) is 3.84. The monoisotopic (exact) mass is 270 g/mol. The zero-order valence-corrected chi connectivity index (χ0v) is 11.2. The normalized spacial score (nSPS) is 9.53. The molecule has 0 bridgehead atoms. The van der Waals surface area contributed by atoms with E-state index in [1.165, 1.54) is 11.3 Å². The van der Waals surface area contributed by atoms with Crippen LogP contribution in [0.1, 0.15) is 20.8 Å². The zero-order chi connectivity index (χ0) is 13.5. The molecule has 1 aromatic carbocycles. The van der Waals surface area contributed by atoms with Gasteiger partial charge >= 0.3 is 0 Å². The minimum Gasteiger partial charge on any atom is -0.347 e. The summed E-state index contributed by atoms with van der Waals surface area (Å²) < 4.78 is 0. The van der Waals surface area contributed by atoms with Crippen molar-refractivity contribution in [2.45, 2.75) is 6.54 Å². The number of hydrogen-bond donors (Lipinski definition) is 2. The Morgan fingerprint density at radius 2 is 2.05 bits per heavy atom. The lowest BCUT2D eigenvalue weighted by molar-refractivity contribution is 0.0955. The zero-order valence-electron chi connectivity index (χ0n) is 10.3. The third-order valence-electron chi connectivity index (χ3n) is 2.49. The molecule has 0 aliphatic rings. The van der Waals surface area contributed by atoms with E-state index < -0.39 is 0 Å². The molecule has 1 amide bonds. The Kier molecular flexibility index (Phi) is 4.73. The maximum atomic E-state index is 12.1. The van der Waals surface area contributed by atoms with Gasteiger partial charge < -0.3 is 11.1 Å². The van der Waals surface area contributed by atoms with Crippen molar-refractivity contribution in [2.24, 2.45) is 5.73 Å². The van der Waals surface area contributed by atoms with Crippen LogP contribution in [0.15, 0.2) is 41.8 Å². The van der Waals surface area contributed by atoms with Gasteiger partial charge in [-0.05, 0) is 17.0 Å². The first-order valence-corrected chi connectivity index (χ1v) is 6.78. The molecule has 0 unspecified atom stereocenters. The van der Waals surface area contributed by atoms with Crippen LogP contribution in [0.25, 0.3) is 0 Å². The van der Waals surface area contributed by atoms with Gasteiger partial charge in [-0.15, -0.1) is 11.3 Å². The summed E-state index contributed by atoms with van der Waals surface area (Å²) in [6, 6.07) is 11.6. The van der Waals surface area contributed by atoms with Gasteiger partial charge in [0.1, 0.15) is 4.88 Å². The maximum absolute atomic E-state index is 12.1. The van der Waals surface area contributed by atoms with Crippen molar-refractivity contribution in [3.05, 3.63) is 57.8 Å². The smallest absolute Gasteiger partial charge is 0.262 e. The fraction of sp³-hybridized carbons (Fsp3) is 0.133. The summed E-state index contributed by atoms with van der Waals surface area (Å²) in [4.78, 5) is 12.7. The first-order chi connectivity index (χ1) is 9.31. The van der Waals surface area contributed by atoms with Crippen LogP contribution in [0.4, 0.5) is 0 Å². The summed E-state index contributed by atoms with van der Waals surface area (Å²) in [5.74, 6) is 5.57. The van der Waals surface area contributed by atoms with E-state index in [1.807, 2.05) is 41.8 Å². The molecule has 2 aromatic rings. The van der Waals surface area contributed by atoms with Crippen molar-refractivity contribution >= 4 is 17.2 Å². The Balaban J connectivity index is 2.02. The molecule has 0 fully saturated rings. The third kappa shape index (κ3) is 3.68. The van der Waals surface area contributed by atoms with E-state index in [9.17, 15) is 4.79 Å². The molecule has 0 spiro atoms. The predicted molar refractivity (Wildman–Crippen MR) is 77.9 cm³/mol. The highest BCUT2D eigenvalue weighted by Crippen LogP contribution is 2.15. The van der Waals surface area contributed by atoms with Crippen LogP contribution in [0.3, 0.4) is 0 Å². The van der Waals surface area contributed by atoms with Crippen molar-refractivity contribution in [1.29, 1.82) is 0 Å². The Bertz CT molecular complexity index is 608. The molecule has 1 heterocycles. The summed E-state index contributed by atoms with van der Waals surface area (Å²) in [6.07, 6.45) is 0. The van der Waals surface area contributed by atoms with Gasteiger partial charge in [0.25, 0.3) is 5.91 Å². The van der Waals surface area contributed by atoms with E-state index in [-0.39, 0.29) is 5.91 Å². The fourth-order valence-electron chi connectivity index (χ4n) is 1.59. The second-order valence-corrected chi connectivity index (χ2v) is 4.75. The molecule has 19 heavy (non-hydrogen) atoms. The molecule has 4 heteroatoms. The average molecular weight is 270 g/mol. The van der Waals surface area contributed by atoms with Crippen molar-refractivity contribution in [3.63, 3.8) is 0 Å². The van der Waals surface area contributed by atoms with Gasteiger partial charge in [-0.2, -0.15) is 0 Å². The second kappa shape index (κ2) is 6.74. The molecule has 0 atom stereocenters. The van der Waals surface area contributed by atoms with Gasteiger partial charge in [-0.25, -0.2) is 0 Å². The van der Waals surface area contributed by atoms with E-state index in [0.29, 0.717) is 18.0 Å². The molecule has 0 aliphatic heterocycles. The van der Waals surface area contributed by atoms with Gasteiger partial charge in [-0.3, -0.25) is 4.79 Å². The van der Waals surface area contributed by atoms with Crippen LogP contribution in [-0.4, -0.2) is 12.5 Å². The number of rotatable bonds is 3. The van der Waals surface area contributed by atoms with Crippen LogP contribution in [0.5, 0.6) is 0 Å². The Morgan fingerprint density at radius 3 is 2.79 bits per heavy atom. The molecule has 2 rings (SSSR count). The number of hydrogen-bond acceptors (Lipinski definition) is 3. The first-order valence-electron chi connectivity index (χ1n) is 5.90. The SMILES string of the molecule is NCC#Cc1ccsc1C(=O)NCc1ccccc1. The lowest BCUT2D eigenvalue weighted by Crippen LogP contribution is -2.22. The topological polar surface area (TPSA) is 55.1 Å². The molecular formula is C15H14N2OS. The predicted octanol–water partition coefficient (Wildman–Crippen LogP) is 1.99. The molecular weight excluding hydrogens is 256 g/mol. The fourth-order valence-corrected chi connectivity index (χ4v) is 2.35. The van der Waals surface area contributed by atoms with Crippen molar-refractivity contribution in [3.8, 4) is 11.8 Å². The number of amides is 1. The Hall–Kier alpha value is -2.09. The first kappa shape index (κ1) is 13.3. The van der Waals surface area contributed by atoms with Crippen LogP contribution in [-0.2, 0) is 6.54 Å². The lowest BCUT2D eigenvalue weighted by atomic mass is 10.2. The number of carbonyl (C=O) groups is 1. The van der Waals surface area contributed by atoms with Crippen LogP contribution in [0, 0.1) is 11.8 Å². The molecule has 3 N–H and O–H groups in total. The number of benzene rings is 1. The largest absolute Gasteiger partial charge is 0.347 e. The molecule has 1 aromatic heterocycles. The van der Waals surface area contributed by atoms with Crippen LogP contribution in [0.2, 0.25) is 0 Å². The van der Waals surface area contributed by atoms with Crippen LogP contribution < -0.4 is 11.1 Å². The average Bonchev–Trinajstić information content (AvgIpc) is 2.92. The van der Waals surface area contributed by atoms with E-state index in [4.69, 9.17) is 5.73 Å². The quantitative estimate of drug-likeness (QED) is 0.838. The summed E-state index contributed by atoms with van der Waals surface area (Å²) in [6.45, 7) is 0.808. The highest BCUT2D eigenvalue weighted by Gasteiger charge is 2.11. The van der Waals surface area contributed by atoms with Crippen LogP contribution >= 0.6 is 11.3 Å². The highest BCUT2D eigenvalue weighted by atomic mass is 32.1. The number of nitrogens with one attached hydrogen (secondary N) is 1. The maximum Gasteiger partial charge on any atom is 0.262 e. The van der Waals surface area contributed by atoms with Gasteiger partial charge in [0.05, 0.1) is 6.54 Å². The van der Waals surface area contributed by atoms with E-state index in [0.717, 1.165) is 11.1 Å². The minimum absolute atomic E-state index is 0.0971. The summed E-state index contributed by atoms with van der Waals surface area (Å²) in [5.41, 5.74) is 7.14. The van der Waals surface area contributed by atoms with Crippen molar-refractivity contribution in [1.82, 2.24) is 5.32 Å². The summed E-state index contributed by atoms with van der Waals surface area (Å²) in [5, 5.41) is 4.75. The third-order valence-corrected chi connectivity index (χ3v) is 3.41. The Labute approximate surface area is 116 Å². The standard InChI is InChI=1S/C15H14N2OS/c16-9-4-7-13-8-10-19-14(13)15(18)17-11-12-5-2-1-3-6-12/h1-3,5-6,8,10H,9,11,16H2,(H,17,18). The number of carbonyl (C=O) groups excluding carboxylic acids is 1. The summed E-state index contributed by atoms with van der Waals surface area (Å²) in [7, 11) is 0. The molecule has 0 aliphatic carbocycles. The molecule has 3 nitrogen and oxygen atoms in total. The van der Waals surface area contributed by atoms with Crippen molar-refractivity contribution < 1.29 is 4.79 Å². The molecule has 0 saturated heterocycles. The van der Waals surface area contributed by atoms with Gasteiger partial charge in [0.2, 0.25) is 0 Å². The number of thiophene rings is 1. The Morgan fingerprint density at radius 1 is 1.26 bits per heavy atom. The molecule has 0 saturated carbocycles. The molecule has 0 radical (unpaired) electrons. The van der Waals surface area contributed by atoms with Gasteiger partial charge in [0, 0.05) is 12.1 Å². The van der Waals surface area contributed by atoms with E-state index in [1.54, 1.807) is 0 Å². The molecule has 96 valence electrons. The van der Waals surface area contributed by atoms with E-state index in [2.05, 4.69) is 17.2 Å². The number of nitrogens with two attached hydrogens (primary N) is 1. The summed E-state index contributed by atoms with van der Waals surface area (Å²) >= 11 is 1.39.